The van der Waals surface area contributed by atoms with Crippen molar-refractivity contribution in [2.75, 3.05) is 19.0 Å². The second-order valence-corrected chi connectivity index (χ2v) is 5.00. The first-order valence-corrected chi connectivity index (χ1v) is 5.99. The van der Waals surface area contributed by atoms with Crippen molar-refractivity contribution < 1.29 is 4.74 Å². The lowest BCUT2D eigenvalue weighted by Gasteiger charge is -2.42. The second kappa shape index (κ2) is 3.84. The van der Waals surface area contributed by atoms with Crippen LogP contribution in [-0.4, -0.2) is 19.0 Å². The molecular formula is C13H18OS. The number of benzene rings is 1. The molecule has 0 aromatic heterocycles. The fraction of sp³-hybridized carbons (Fsp3) is 0.538. The summed E-state index contributed by atoms with van der Waals surface area (Å²) >= 11 is 4.47. The number of rotatable bonds is 2. The first kappa shape index (κ1) is 11.0. The zero-order valence-corrected chi connectivity index (χ0v) is 10.5. The third kappa shape index (κ3) is 1.70. The van der Waals surface area contributed by atoms with E-state index in [1.165, 1.54) is 22.3 Å². The van der Waals surface area contributed by atoms with Crippen molar-refractivity contribution in [2.24, 2.45) is 0 Å². The van der Waals surface area contributed by atoms with Crippen LogP contribution in [0.3, 0.4) is 0 Å². The molecule has 0 N–H and O–H groups in total. The summed E-state index contributed by atoms with van der Waals surface area (Å²) in [5.41, 5.74) is 5.70. The van der Waals surface area contributed by atoms with Gasteiger partial charge in [-0.2, -0.15) is 12.6 Å². The van der Waals surface area contributed by atoms with Crippen LogP contribution in [0.2, 0.25) is 0 Å². The second-order valence-electron chi connectivity index (χ2n) is 4.68. The summed E-state index contributed by atoms with van der Waals surface area (Å²) in [7, 11) is 0. The molecule has 2 heteroatoms. The van der Waals surface area contributed by atoms with E-state index in [4.69, 9.17) is 4.74 Å². The Kier molecular flexibility index (Phi) is 2.82. The summed E-state index contributed by atoms with van der Waals surface area (Å²) < 4.78 is 5.36. The molecule has 1 aromatic rings. The number of ether oxygens (including phenoxy) is 1. The SMILES string of the molecule is Cc1cc(C)c(C2(CS)COC2)cc1C. The molecule has 0 saturated carbocycles. The highest BCUT2D eigenvalue weighted by molar-refractivity contribution is 7.80. The predicted molar refractivity (Wildman–Crippen MR) is 67.0 cm³/mol. The molecule has 2 rings (SSSR count). The van der Waals surface area contributed by atoms with Crippen LogP contribution < -0.4 is 0 Å². The molecule has 1 nitrogen and oxygen atoms in total. The summed E-state index contributed by atoms with van der Waals surface area (Å²) in [6.07, 6.45) is 0. The van der Waals surface area contributed by atoms with E-state index in [2.05, 4.69) is 45.5 Å². The molecule has 82 valence electrons. The highest BCUT2D eigenvalue weighted by Crippen LogP contribution is 2.36. The van der Waals surface area contributed by atoms with Gasteiger partial charge in [0, 0.05) is 5.75 Å². The molecule has 0 aliphatic carbocycles. The van der Waals surface area contributed by atoms with Crippen molar-refractivity contribution in [3.63, 3.8) is 0 Å². The van der Waals surface area contributed by atoms with Crippen molar-refractivity contribution in [3.8, 4) is 0 Å². The van der Waals surface area contributed by atoms with Gasteiger partial charge in [0.05, 0.1) is 18.6 Å². The molecule has 1 fully saturated rings. The number of hydrogen-bond acceptors (Lipinski definition) is 2. The summed E-state index contributed by atoms with van der Waals surface area (Å²) in [6, 6.07) is 4.58. The van der Waals surface area contributed by atoms with Crippen molar-refractivity contribution in [1.29, 1.82) is 0 Å². The normalized spacial score (nSPS) is 18.7. The lowest BCUT2D eigenvalue weighted by Crippen LogP contribution is -2.48. The first-order valence-electron chi connectivity index (χ1n) is 5.36. The molecule has 1 aromatic carbocycles. The van der Waals surface area contributed by atoms with E-state index < -0.39 is 0 Å². The monoisotopic (exact) mass is 222 g/mol. The molecule has 1 aliphatic heterocycles. The molecule has 1 heterocycles. The Morgan fingerprint density at radius 2 is 1.73 bits per heavy atom. The van der Waals surface area contributed by atoms with Crippen molar-refractivity contribution in [2.45, 2.75) is 26.2 Å². The molecule has 0 bridgehead atoms. The highest BCUT2D eigenvalue weighted by atomic mass is 32.1. The Bertz CT molecular complexity index is 375. The lowest BCUT2D eigenvalue weighted by atomic mass is 9.77. The Morgan fingerprint density at radius 3 is 2.20 bits per heavy atom. The van der Waals surface area contributed by atoms with Crippen LogP contribution in [-0.2, 0) is 10.2 Å². The van der Waals surface area contributed by atoms with E-state index in [1.807, 2.05) is 0 Å². The van der Waals surface area contributed by atoms with E-state index >= 15 is 0 Å². The Labute approximate surface area is 97.2 Å². The fourth-order valence-electron chi connectivity index (χ4n) is 2.21. The van der Waals surface area contributed by atoms with Gasteiger partial charge in [0.15, 0.2) is 0 Å². The van der Waals surface area contributed by atoms with Gasteiger partial charge in [-0.3, -0.25) is 0 Å². The van der Waals surface area contributed by atoms with Gasteiger partial charge in [0.25, 0.3) is 0 Å². The molecule has 1 saturated heterocycles. The van der Waals surface area contributed by atoms with Gasteiger partial charge in [0.2, 0.25) is 0 Å². The van der Waals surface area contributed by atoms with Gasteiger partial charge < -0.3 is 4.74 Å². The molecule has 1 aliphatic rings. The number of hydrogen-bond donors (Lipinski definition) is 1. The maximum absolute atomic E-state index is 5.36. The van der Waals surface area contributed by atoms with Crippen LogP contribution in [0.15, 0.2) is 12.1 Å². The van der Waals surface area contributed by atoms with Crippen LogP contribution in [0, 0.1) is 20.8 Å². The average Bonchev–Trinajstić information content (AvgIpc) is 2.12. The molecule has 0 spiro atoms. The quantitative estimate of drug-likeness (QED) is 0.757. The fourth-order valence-corrected chi connectivity index (χ4v) is 2.57. The maximum Gasteiger partial charge on any atom is 0.0593 e. The van der Waals surface area contributed by atoms with Crippen LogP contribution >= 0.6 is 12.6 Å². The van der Waals surface area contributed by atoms with E-state index in [1.54, 1.807) is 0 Å². The topological polar surface area (TPSA) is 9.23 Å². The smallest absolute Gasteiger partial charge is 0.0593 e. The van der Waals surface area contributed by atoms with Gasteiger partial charge in [-0.15, -0.1) is 0 Å². The standard InChI is InChI=1S/C13H18OS/c1-9-4-11(3)12(5-10(9)2)13(8-15)6-14-7-13/h4-5,15H,6-8H2,1-3H3. The zero-order chi connectivity index (χ0) is 11.1. The molecule has 15 heavy (non-hydrogen) atoms. The molecule has 0 atom stereocenters. The van der Waals surface area contributed by atoms with Crippen LogP contribution in [0.4, 0.5) is 0 Å². The number of aryl methyl sites for hydroxylation is 3. The molecule has 0 unspecified atom stereocenters. The van der Waals surface area contributed by atoms with Gasteiger partial charge in [-0.1, -0.05) is 12.1 Å². The van der Waals surface area contributed by atoms with Crippen LogP contribution in [0.5, 0.6) is 0 Å². The summed E-state index contributed by atoms with van der Waals surface area (Å²) in [5.74, 6) is 0.871. The highest BCUT2D eigenvalue weighted by Gasteiger charge is 2.40. The third-order valence-corrected chi connectivity index (χ3v) is 4.08. The van der Waals surface area contributed by atoms with E-state index in [-0.39, 0.29) is 5.41 Å². The summed E-state index contributed by atoms with van der Waals surface area (Å²) in [6.45, 7) is 8.16. The molecule has 0 amide bonds. The Balaban J connectivity index is 2.47. The van der Waals surface area contributed by atoms with Crippen LogP contribution in [0.25, 0.3) is 0 Å². The minimum absolute atomic E-state index is 0.172. The third-order valence-electron chi connectivity index (χ3n) is 3.47. The first-order chi connectivity index (χ1) is 7.09. The van der Waals surface area contributed by atoms with Crippen molar-refractivity contribution in [1.82, 2.24) is 0 Å². The Morgan fingerprint density at radius 1 is 1.13 bits per heavy atom. The van der Waals surface area contributed by atoms with E-state index in [9.17, 15) is 0 Å². The van der Waals surface area contributed by atoms with Gasteiger partial charge in [-0.25, -0.2) is 0 Å². The van der Waals surface area contributed by atoms with Crippen LogP contribution in [0.1, 0.15) is 22.3 Å². The van der Waals surface area contributed by atoms with Gasteiger partial charge >= 0.3 is 0 Å². The maximum atomic E-state index is 5.36. The van der Waals surface area contributed by atoms with Gasteiger partial charge in [0.1, 0.15) is 0 Å². The van der Waals surface area contributed by atoms with Gasteiger partial charge in [-0.05, 0) is 43.0 Å². The minimum Gasteiger partial charge on any atom is -0.379 e. The molecule has 0 radical (unpaired) electrons. The average molecular weight is 222 g/mol. The Hall–Kier alpha value is -0.470. The van der Waals surface area contributed by atoms with E-state index in [0.717, 1.165) is 19.0 Å². The van der Waals surface area contributed by atoms with Crippen molar-refractivity contribution in [3.05, 3.63) is 34.4 Å². The summed E-state index contributed by atoms with van der Waals surface area (Å²) in [5, 5.41) is 0. The van der Waals surface area contributed by atoms with E-state index in [0.29, 0.717) is 0 Å². The predicted octanol–water partition coefficient (Wildman–Crippen LogP) is 2.81. The summed E-state index contributed by atoms with van der Waals surface area (Å²) in [4.78, 5) is 0. The van der Waals surface area contributed by atoms with Crippen molar-refractivity contribution >= 4 is 12.6 Å². The zero-order valence-electron chi connectivity index (χ0n) is 9.63. The minimum atomic E-state index is 0.172. The largest absolute Gasteiger partial charge is 0.379 e. The molecular weight excluding hydrogens is 204 g/mol. The number of thiol groups is 1. The lowest BCUT2D eigenvalue weighted by molar-refractivity contribution is -0.0474.